The number of carbonyl (C=O) groups is 3. The summed E-state index contributed by atoms with van der Waals surface area (Å²) in [5.74, 6) is -0.635. The highest BCUT2D eigenvalue weighted by Crippen LogP contribution is 2.74. The van der Waals surface area contributed by atoms with E-state index in [0.717, 1.165) is 50.5 Å². The van der Waals surface area contributed by atoms with Gasteiger partial charge in [-0.3, -0.25) is 14.4 Å². The lowest BCUT2D eigenvalue weighted by Gasteiger charge is -2.68. The van der Waals surface area contributed by atoms with Crippen molar-refractivity contribution >= 4 is 17.5 Å². The quantitative estimate of drug-likeness (QED) is 0.411. The van der Waals surface area contributed by atoms with E-state index in [4.69, 9.17) is 9.47 Å². The fraction of sp³-hybridized carbons (Fsp3) is 0.758. The van der Waals surface area contributed by atoms with Crippen molar-refractivity contribution in [1.82, 2.24) is 0 Å². The molecule has 3 saturated carbocycles. The van der Waals surface area contributed by atoms with E-state index in [1.165, 1.54) is 7.11 Å². The van der Waals surface area contributed by atoms with E-state index in [1.807, 2.05) is 19.1 Å². The van der Waals surface area contributed by atoms with E-state index in [9.17, 15) is 19.6 Å². The molecular weight excluding hydrogens is 490 g/mol. The van der Waals surface area contributed by atoms with Crippen LogP contribution in [0.2, 0.25) is 0 Å². The molecule has 0 aromatic carbocycles. The van der Waals surface area contributed by atoms with Crippen molar-refractivity contribution in [2.24, 2.45) is 50.2 Å². The first-order valence-electron chi connectivity index (χ1n) is 14.6. The molecule has 5 aliphatic carbocycles. The SMILES string of the molecule is COC[C@]1(C)C(=O)C(C#N)=C[C@]2(C)C3=CC(=O)C4C5CC(C)(C)CC[C@]5(C(=O)OC)CC[C@@]4(C)[C@]3(C)CCC21. The molecule has 0 aromatic heterocycles. The minimum absolute atomic E-state index is 0.0470. The van der Waals surface area contributed by atoms with E-state index in [0.29, 0.717) is 0 Å². The smallest absolute Gasteiger partial charge is 0.312 e. The number of ketones is 2. The maximum atomic E-state index is 14.5. The Morgan fingerprint density at radius 2 is 1.69 bits per heavy atom. The van der Waals surface area contributed by atoms with E-state index in [1.54, 1.807) is 7.11 Å². The molecule has 3 unspecified atom stereocenters. The largest absolute Gasteiger partial charge is 0.469 e. The predicted octanol–water partition coefficient (Wildman–Crippen LogP) is 6.01. The van der Waals surface area contributed by atoms with Gasteiger partial charge in [-0.15, -0.1) is 0 Å². The number of nitriles is 1. The molecule has 0 amide bonds. The van der Waals surface area contributed by atoms with Crippen LogP contribution < -0.4 is 0 Å². The van der Waals surface area contributed by atoms with Crippen LogP contribution in [0.3, 0.4) is 0 Å². The van der Waals surface area contributed by atoms with Crippen molar-refractivity contribution < 1.29 is 23.9 Å². The molecule has 0 N–H and O–H groups in total. The summed E-state index contributed by atoms with van der Waals surface area (Å²) in [5, 5.41) is 9.99. The van der Waals surface area contributed by atoms with Crippen molar-refractivity contribution in [3.8, 4) is 6.07 Å². The molecule has 3 fully saturated rings. The molecular formula is C33H45NO5. The third-order valence-electron chi connectivity index (χ3n) is 12.7. The zero-order chi connectivity index (χ0) is 28.8. The normalized spacial score (nSPS) is 46.4. The van der Waals surface area contributed by atoms with Crippen LogP contribution in [0.25, 0.3) is 0 Å². The van der Waals surface area contributed by atoms with Gasteiger partial charge < -0.3 is 9.47 Å². The molecule has 0 bridgehead atoms. The van der Waals surface area contributed by atoms with Gasteiger partial charge in [0.1, 0.15) is 6.07 Å². The van der Waals surface area contributed by atoms with E-state index in [-0.39, 0.29) is 63.7 Å². The molecule has 0 spiro atoms. The fourth-order valence-electron chi connectivity index (χ4n) is 10.5. The summed E-state index contributed by atoms with van der Waals surface area (Å²) in [4.78, 5) is 41.4. The lowest BCUT2D eigenvalue weighted by molar-refractivity contribution is -0.191. The van der Waals surface area contributed by atoms with Crippen LogP contribution >= 0.6 is 0 Å². The Kier molecular flexibility index (Phi) is 6.25. The van der Waals surface area contributed by atoms with Crippen LogP contribution in [0.5, 0.6) is 0 Å². The molecule has 8 atom stereocenters. The van der Waals surface area contributed by atoms with Crippen molar-refractivity contribution in [3.05, 3.63) is 23.3 Å². The number of nitrogens with zero attached hydrogens (tertiary/aromatic N) is 1. The Morgan fingerprint density at radius 3 is 2.31 bits per heavy atom. The van der Waals surface area contributed by atoms with Gasteiger partial charge in [-0.2, -0.15) is 5.26 Å². The molecule has 6 nitrogen and oxygen atoms in total. The fourth-order valence-corrected chi connectivity index (χ4v) is 10.5. The van der Waals surface area contributed by atoms with Crippen LogP contribution in [-0.2, 0) is 23.9 Å². The maximum Gasteiger partial charge on any atom is 0.312 e. The lowest BCUT2D eigenvalue weighted by Crippen LogP contribution is -2.66. The summed E-state index contributed by atoms with van der Waals surface area (Å²) in [6, 6.07) is 2.17. The van der Waals surface area contributed by atoms with Gasteiger partial charge in [0.2, 0.25) is 0 Å². The summed E-state index contributed by atoms with van der Waals surface area (Å²) in [6.45, 7) is 13.4. The van der Waals surface area contributed by atoms with Crippen LogP contribution in [0.1, 0.15) is 86.5 Å². The number of methoxy groups -OCH3 is 2. The summed E-state index contributed by atoms with van der Waals surface area (Å²) >= 11 is 0. The number of hydrogen-bond acceptors (Lipinski definition) is 6. The summed E-state index contributed by atoms with van der Waals surface area (Å²) in [6.07, 6.45) is 9.42. The summed E-state index contributed by atoms with van der Waals surface area (Å²) in [5.41, 5.74) is -1.47. The van der Waals surface area contributed by atoms with Crippen LogP contribution in [-0.4, -0.2) is 38.4 Å². The summed E-state index contributed by atoms with van der Waals surface area (Å²) in [7, 11) is 3.08. The third kappa shape index (κ3) is 3.44. The Hall–Kier alpha value is -2.26. The second kappa shape index (κ2) is 8.62. The van der Waals surface area contributed by atoms with Crippen LogP contribution in [0.4, 0.5) is 0 Å². The molecule has 0 aromatic rings. The first-order chi connectivity index (χ1) is 18.1. The van der Waals surface area contributed by atoms with Gasteiger partial charge in [-0.25, -0.2) is 0 Å². The van der Waals surface area contributed by atoms with E-state index >= 15 is 0 Å². The minimum Gasteiger partial charge on any atom is -0.469 e. The van der Waals surface area contributed by atoms with Gasteiger partial charge in [0.15, 0.2) is 11.6 Å². The average molecular weight is 536 g/mol. The van der Waals surface area contributed by atoms with Crippen LogP contribution in [0.15, 0.2) is 23.3 Å². The minimum atomic E-state index is -0.841. The number of fused-ring (bicyclic) bond motifs is 7. The molecule has 5 rings (SSSR count). The Labute approximate surface area is 233 Å². The van der Waals surface area contributed by atoms with Crippen molar-refractivity contribution in [2.45, 2.75) is 86.5 Å². The third-order valence-corrected chi connectivity index (χ3v) is 12.7. The predicted molar refractivity (Wildman–Crippen MR) is 147 cm³/mol. The standard InChI is InChI=1S/C33H45NO5/c1-28(2)11-13-33(27(37)39-8)14-12-32(6)25(21(33)17-28)22(35)15-24-29(3)16-20(18-34)26(36)30(4,19-38-7)23(29)9-10-31(24,32)5/h15-16,21,23,25H,9-14,17,19H2,1-8H3/t21?,23?,25?,29-,30-,31+,32+,33-/m0/s1. The molecule has 6 heteroatoms. The maximum absolute atomic E-state index is 14.5. The Bertz CT molecular complexity index is 1240. The molecule has 212 valence electrons. The van der Waals surface area contributed by atoms with Gasteiger partial charge in [0.05, 0.1) is 30.1 Å². The number of ether oxygens (including phenoxy) is 2. The summed E-state index contributed by atoms with van der Waals surface area (Å²) < 4.78 is 11.0. The van der Waals surface area contributed by atoms with Crippen molar-refractivity contribution in [3.63, 3.8) is 0 Å². The molecule has 0 heterocycles. The molecule has 0 radical (unpaired) electrons. The highest BCUT2D eigenvalue weighted by atomic mass is 16.5. The van der Waals surface area contributed by atoms with Gasteiger partial charge in [0, 0.05) is 18.4 Å². The molecule has 0 aliphatic heterocycles. The van der Waals surface area contributed by atoms with Gasteiger partial charge in [-0.05, 0) is 86.0 Å². The average Bonchev–Trinajstić information content (AvgIpc) is 2.87. The van der Waals surface area contributed by atoms with Gasteiger partial charge in [-0.1, -0.05) is 46.3 Å². The highest BCUT2D eigenvalue weighted by Gasteiger charge is 2.71. The number of rotatable bonds is 3. The van der Waals surface area contributed by atoms with Crippen LogP contribution in [0, 0.1) is 61.6 Å². The molecule has 0 saturated heterocycles. The number of hydrogen-bond donors (Lipinski definition) is 0. The molecule has 39 heavy (non-hydrogen) atoms. The van der Waals surface area contributed by atoms with Gasteiger partial charge in [0.25, 0.3) is 0 Å². The second-order valence-electron chi connectivity index (χ2n) is 15.0. The first kappa shape index (κ1) is 28.3. The Morgan fingerprint density at radius 1 is 1.03 bits per heavy atom. The number of Topliss-reactive ketones (excluding diaryl/α,β-unsaturated/α-hetero) is 1. The van der Waals surface area contributed by atoms with Crippen molar-refractivity contribution in [2.75, 3.05) is 20.8 Å². The number of carbonyl (C=O) groups excluding carboxylic acids is 3. The first-order valence-corrected chi connectivity index (χ1v) is 14.6. The lowest BCUT2D eigenvalue weighted by atomic mass is 9.34. The monoisotopic (exact) mass is 535 g/mol. The van der Waals surface area contributed by atoms with Gasteiger partial charge >= 0.3 is 5.97 Å². The second-order valence-corrected chi connectivity index (χ2v) is 15.0. The number of esters is 1. The zero-order valence-corrected chi connectivity index (χ0v) is 25.0. The zero-order valence-electron chi connectivity index (χ0n) is 25.0. The number of allylic oxidation sites excluding steroid dienone is 4. The van der Waals surface area contributed by atoms with Crippen molar-refractivity contribution in [1.29, 1.82) is 5.26 Å². The molecule has 5 aliphatic rings. The highest BCUT2D eigenvalue weighted by molar-refractivity contribution is 6.05. The topological polar surface area (TPSA) is 93.5 Å². The van der Waals surface area contributed by atoms with E-state index < -0.39 is 16.2 Å². The Balaban J connectivity index is 1.70. The van der Waals surface area contributed by atoms with E-state index in [2.05, 4.69) is 40.7 Å².